The molecule has 1 heterocycles. The molecule has 0 aliphatic carbocycles. The Kier molecular flexibility index (Phi) is 5.48. The van der Waals surface area contributed by atoms with Crippen molar-refractivity contribution in [3.63, 3.8) is 0 Å². The summed E-state index contributed by atoms with van der Waals surface area (Å²) in [7, 11) is 0. The minimum absolute atomic E-state index is 0.0866. The van der Waals surface area contributed by atoms with Crippen LogP contribution in [-0.4, -0.2) is 43.2 Å². The van der Waals surface area contributed by atoms with Crippen LogP contribution in [0.15, 0.2) is 77.0 Å². The lowest BCUT2D eigenvalue weighted by Crippen LogP contribution is -2.20. The number of hydrogen-bond donors (Lipinski definition) is 2. The van der Waals surface area contributed by atoms with Crippen molar-refractivity contribution < 1.29 is 9.90 Å². The van der Waals surface area contributed by atoms with E-state index in [4.69, 9.17) is 0 Å². The predicted octanol–water partition coefficient (Wildman–Crippen LogP) is 2.76. The van der Waals surface area contributed by atoms with Crippen LogP contribution < -0.4 is 5.43 Å². The number of aromatic hydroxyl groups is 1. The number of nitrogens with zero attached hydrogens (tertiary/aromatic N) is 5. The molecule has 29 heavy (non-hydrogen) atoms. The fourth-order valence-electron chi connectivity index (χ4n) is 2.75. The average molecular weight is 404 g/mol. The third-order valence-electron chi connectivity index (χ3n) is 4.10. The molecule has 4 rings (SSSR count). The average Bonchev–Trinajstić information content (AvgIpc) is 3.21. The number of rotatable bonds is 6. The number of thioether (sulfide) groups is 1. The summed E-state index contributed by atoms with van der Waals surface area (Å²) < 4.78 is 1.62. The molecule has 0 saturated carbocycles. The summed E-state index contributed by atoms with van der Waals surface area (Å²) in [6, 6.07) is 20.6. The highest BCUT2D eigenvalue weighted by Crippen LogP contribution is 2.25. The van der Waals surface area contributed by atoms with E-state index in [9.17, 15) is 9.90 Å². The highest BCUT2D eigenvalue weighted by molar-refractivity contribution is 7.99. The molecule has 0 saturated heterocycles. The molecule has 0 aliphatic heterocycles. The minimum atomic E-state index is -0.311. The number of hydrazone groups is 1. The number of hydrogen-bond acceptors (Lipinski definition) is 7. The zero-order valence-corrected chi connectivity index (χ0v) is 16.0. The van der Waals surface area contributed by atoms with Crippen LogP contribution in [0.1, 0.15) is 5.56 Å². The number of para-hydroxylation sites is 1. The standard InChI is InChI=1S/C20H16N6O2S/c27-18-11-4-2-7-15(18)12-21-22-19(28)13-29-20-23-24-25-26(20)17-10-5-8-14-6-1-3-9-16(14)17/h1-12,27H,13H2,(H,22,28)/b21-12+. The van der Waals surface area contributed by atoms with E-state index in [-0.39, 0.29) is 17.4 Å². The van der Waals surface area contributed by atoms with Gasteiger partial charge in [-0.05, 0) is 34.0 Å². The van der Waals surface area contributed by atoms with Crippen molar-refractivity contribution in [2.75, 3.05) is 5.75 Å². The molecule has 0 aliphatic rings. The normalized spacial score (nSPS) is 11.2. The number of carbonyl (C=O) groups excluding carboxylic acids is 1. The van der Waals surface area contributed by atoms with Crippen molar-refractivity contribution >= 4 is 34.7 Å². The van der Waals surface area contributed by atoms with Crippen LogP contribution in [0.4, 0.5) is 0 Å². The second-order valence-electron chi connectivity index (χ2n) is 6.01. The molecule has 0 spiro atoms. The lowest BCUT2D eigenvalue weighted by Gasteiger charge is -2.07. The third-order valence-corrected chi connectivity index (χ3v) is 5.02. The van der Waals surface area contributed by atoms with Crippen LogP contribution in [0.2, 0.25) is 0 Å². The Hall–Kier alpha value is -3.72. The SMILES string of the molecule is O=C(CSc1nnnn1-c1cccc2ccccc12)N/N=C/c1ccccc1O. The Morgan fingerprint density at radius 1 is 1.10 bits per heavy atom. The molecule has 4 aromatic rings. The van der Waals surface area contributed by atoms with Gasteiger partial charge >= 0.3 is 0 Å². The molecule has 0 fully saturated rings. The van der Waals surface area contributed by atoms with Gasteiger partial charge in [-0.2, -0.15) is 9.78 Å². The Labute approximate surface area is 170 Å². The number of phenols is 1. The van der Waals surface area contributed by atoms with Crippen molar-refractivity contribution in [1.29, 1.82) is 0 Å². The molecular weight excluding hydrogens is 388 g/mol. The van der Waals surface area contributed by atoms with E-state index in [0.717, 1.165) is 16.5 Å². The van der Waals surface area contributed by atoms with Crippen molar-refractivity contribution in [1.82, 2.24) is 25.6 Å². The molecule has 0 atom stereocenters. The van der Waals surface area contributed by atoms with Gasteiger partial charge in [-0.1, -0.05) is 60.3 Å². The van der Waals surface area contributed by atoms with E-state index < -0.39 is 0 Å². The van der Waals surface area contributed by atoms with Crippen LogP contribution in [-0.2, 0) is 4.79 Å². The quantitative estimate of drug-likeness (QED) is 0.291. The number of fused-ring (bicyclic) bond motifs is 1. The van der Waals surface area contributed by atoms with Gasteiger partial charge in [0, 0.05) is 10.9 Å². The van der Waals surface area contributed by atoms with Gasteiger partial charge in [0.15, 0.2) is 0 Å². The highest BCUT2D eigenvalue weighted by Gasteiger charge is 2.13. The van der Waals surface area contributed by atoms with Crippen LogP contribution in [0, 0.1) is 0 Å². The topological polar surface area (TPSA) is 105 Å². The van der Waals surface area contributed by atoms with Crippen LogP contribution in [0.25, 0.3) is 16.5 Å². The van der Waals surface area contributed by atoms with E-state index in [2.05, 4.69) is 26.1 Å². The monoisotopic (exact) mass is 404 g/mol. The number of phenolic OH excluding ortho intramolecular Hbond substituents is 1. The second kappa shape index (κ2) is 8.53. The van der Waals surface area contributed by atoms with Crippen LogP contribution >= 0.6 is 11.8 Å². The molecule has 0 bridgehead atoms. The number of amides is 1. The van der Waals surface area contributed by atoms with Gasteiger partial charge in [0.25, 0.3) is 5.91 Å². The fraction of sp³-hybridized carbons (Fsp3) is 0.0500. The van der Waals surface area contributed by atoms with Crippen molar-refractivity contribution in [3.8, 4) is 11.4 Å². The molecule has 144 valence electrons. The van der Waals surface area contributed by atoms with Crippen LogP contribution in [0.3, 0.4) is 0 Å². The van der Waals surface area contributed by atoms with Gasteiger partial charge in [0.1, 0.15) is 5.75 Å². The number of tetrazole rings is 1. The first-order chi connectivity index (χ1) is 14.2. The summed E-state index contributed by atoms with van der Waals surface area (Å²) in [5, 5.41) is 28.0. The Bertz CT molecular complexity index is 1190. The summed E-state index contributed by atoms with van der Waals surface area (Å²) in [5.41, 5.74) is 3.79. The molecule has 3 aromatic carbocycles. The lowest BCUT2D eigenvalue weighted by atomic mass is 10.1. The maximum atomic E-state index is 12.1. The largest absolute Gasteiger partial charge is 0.507 e. The minimum Gasteiger partial charge on any atom is -0.507 e. The van der Waals surface area contributed by atoms with Gasteiger partial charge in [0.05, 0.1) is 17.7 Å². The van der Waals surface area contributed by atoms with Crippen molar-refractivity contribution in [3.05, 3.63) is 72.3 Å². The maximum Gasteiger partial charge on any atom is 0.250 e. The smallest absolute Gasteiger partial charge is 0.250 e. The number of nitrogens with one attached hydrogen (secondary N) is 1. The summed E-state index contributed by atoms with van der Waals surface area (Å²) in [6.45, 7) is 0. The lowest BCUT2D eigenvalue weighted by molar-refractivity contribution is -0.118. The summed E-state index contributed by atoms with van der Waals surface area (Å²) >= 11 is 1.21. The Balaban J connectivity index is 1.43. The molecule has 1 amide bonds. The molecular formula is C20H16N6O2S. The maximum absolute atomic E-state index is 12.1. The first-order valence-corrected chi connectivity index (χ1v) is 9.70. The summed E-state index contributed by atoms with van der Waals surface area (Å²) in [6.07, 6.45) is 1.39. The van der Waals surface area contributed by atoms with E-state index >= 15 is 0 Å². The molecule has 0 unspecified atom stereocenters. The van der Waals surface area contributed by atoms with E-state index in [1.807, 2.05) is 42.5 Å². The summed E-state index contributed by atoms with van der Waals surface area (Å²) in [5.74, 6) is -0.133. The second-order valence-corrected chi connectivity index (χ2v) is 6.95. The Morgan fingerprint density at radius 3 is 2.79 bits per heavy atom. The fourth-order valence-corrected chi connectivity index (χ4v) is 3.42. The summed E-state index contributed by atoms with van der Waals surface area (Å²) in [4.78, 5) is 12.1. The van der Waals surface area contributed by atoms with Gasteiger partial charge < -0.3 is 5.11 Å². The molecule has 0 radical (unpaired) electrons. The van der Waals surface area contributed by atoms with E-state index in [0.29, 0.717) is 10.7 Å². The number of aromatic nitrogens is 4. The zero-order valence-electron chi connectivity index (χ0n) is 15.1. The van der Waals surface area contributed by atoms with Gasteiger partial charge in [-0.15, -0.1) is 5.10 Å². The van der Waals surface area contributed by atoms with E-state index in [1.165, 1.54) is 18.0 Å². The Morgan fingerprint density at radius 2 is 1.90 bits per heavy atom. The van der Waals surface area contributed by atoms with Gasteiger partial charge in [0.2, 0.25) is 5.16 Å². The zero-order chi connectivity index (χ0) is 20.1. The highest BCUT2D eigenvalue weighted by atomic mass is 32.2. The van der Waals surface area contributed by atoms with Gasteiger partial charge in [-0.3, -0.25) is 4.79 Å². The van der Waals surface area contributed by atoms with E-state index in [1.54, 1.807) is 28.9 Å². The molecule has 9 heteroatoms. The molecule has 8 nitrogen and oxygen atoms in total. The van der Waals surface area contributed by atoms with Gasteiger partial charge in [-0.25, -0.2) is 5.43 Å². The number of benzene rings is 3. The third kappa shape index (κ3) is 4.25. The van der Waals surface area contributed by atoms with Crippen molar-refractivity contribution in [2.24, 2.45) is 5.10 Å². The van der Waals surface area contributed by atoms with Crippen LogP contribution in [0.5, 0.6) is 5.75 Å². The van der Waals surface area contributed by atoms with Crippen molar-refractivity contribution in [2.45, 2.75) is 5.16 Å². The molecule has 1 aromatic heterocycles. The first-order valence-electron chi connectivity index (χ1n) is 8.71. The predicted molar refractivity (Wildman–Crippen MR) is 111 cm³/mol. The number of carbonyl (C=O) groups is 1. The molecule has 2 N–H and O–H groups in total. The first kappa shape index (κ1) is 18.6.